The van der Waals surface area contributed by atoms with Crippen molar-refractivity contribution in [3.8, 4) is 5.69 Å². The van der Waals surface area contributed by atoms with E-state index in [1.54, 1.807) is 10.9 Å². The fourth-order valence-electron chi connectivity index (χ4n) is 1.90. The molecule has 6 nitrogen and oxygen atoms in total. The van der Waals surface area contributed by atoms with Crippen LogP contribution in [0.3, 0.4) is 0 Å². The van der Waals surface area contributed by atoms with Gasteiger partial charge in [0.1, 0.15) is 6.10 Å². The van der Waals surface area contributed by atoms with E-state index in [9.17, 15) is 4.79 Å². The Hall–Kier alpha value is -1.89. The van der Waals surface area contributed by atoms with E-state index >= 15 is 0 Å². The van der Waals surface area contributed by atoms with Crippen LogP contribution in [0, 0.1) is 0 Å². The Kier molecular flexibility index (Phi) is 6.87. The van der Waals surface area contributed by atoms with Gasteiger partial charge in [0.05, 0.1) is 5.69 Å². The largest absolute Gasteiger partial charge is 0.370 e. The molecule has 7 heteroatoms. The summed E-state index contributed by atoms with van der Waals surface area (Å²) in [5, 5.41) is 7.02. The van der Waals surface area contributed by atoms with Crippen molar-refractivity contribution < 1.29 is 9.53 Å². The average molecular weight is 311 g/mol. The van der Waals surface area contributed by atoms with Crippen molar-refractivity contribution in [3.05, 3.63) is 48.3 Å². The van der Waals surface area contributed by atoms with Crippen molar-refractivity contribution >= 4 is 18.3 Å². The molecule has 0 bridgehead atoms. The summed E-state index contributed by atoms with van der Waals surface area (Å²) < 4.78 is 6.76. The predicted molar refractivity (Wildman–Crippen MR) is 82.5 cm³/mol. The molecule has 0 spiro atoms. The third-order valence-electron chi connectivity index (χ3n) is 2.99. The Balaban J connectivity index is 0.00000220. The van der Waals surface area contributed by atoms with E-state index in [0.717, 1.165) is 11.3 Å². The van der Waals surface area contributed by atoms with Crippen LogP contribution >= 0.6 is 12.4 Å². The van der Waals surface area contributed by atoms with Gasteiger partial charge in [0, 0.05) is 32.6 Å². The molecule has 1 amide bonds. The number of rotatable bonds is 6. The molecule has 0 saturated carbocycles. The van der Waals surface area contributed by atoms with Crippen molar-refractivity contribution in [1.29, 1.82) is 0 Å². The molecule has 0 aliphatic rings. The van der Waals surface area contributed by atoms with Crippen molar-refractivity contribution in [2.75, 3.05) is 13.7 Å². The summed E-state index contributed by atoms with van der Waals surface area (Å²) in [5.74, 6) is -0.217. The second-order valence-corrected chi connectivity index (χ2v) is 4.26. The van der Waals surface area contributed by atoms with Gasteiger partial charge >= 0.3 is 0 Å². The van der Waals surface area contributed by atoms with Gasteiger partial charge in [0.2, 0.25) is 0 Å². The zero-order valence-corrected chi connectivity index (χ0v) is 12.5. The Bertz CT molecular complexity index is 556. The summed E-state index contributed by atoms with van der Waals surface area (Å²) in [5.41, 5.74) is 7.36. The van der Waals surface area contributed by atoms with Gasteiger partial charge in [-0.25, -0.2) is 4.68 Å². The number of amides is 1. The molecule has 1 aromatic carbocycles. The maximum atomic E-state index is 11.8. The Morgan fingerprint density at radius 1 is 1.43 bits per heavy atom. The summed E-state index contributed by atoms with van der Waals surface area (Å²) in [6.45, 7) is 0.553. The van der Waals surface area contributed by atoms with Crippen LogP contribution in [0.2, 0.25) is 0 Å². The number of para-hydroxylation sites is 1. The fraction of sp³-hybridized carbons (Fsp3) is 0.286. The van der Waals surface area contributed by atoms with Crippen LogP contribution in [0.1, 0.15) is 5.56 Å². The number of carbonyl (C=O) groups excluding carboxylic acids is 1. The molecular formula is C14H19ClN4O2. The van der Waals surface area contributed by atoms with E-state index in [1.807, 2.05) is 36.5 Å². The van der Waals surface area contributed by atoms with Gasteiger partial charge in [0.15, 0.2) is 0 Å². The number of nitrogens with one attached hydrogen (secondary N) is 1. The average Bonchev–Trinajstić information content (AvgIpc) is 3.01. The number of hydrogen-bond acceptors (Lipinski definition) is 4. The van der Waals surface area contributed by atoms with E-state index in [-0.39, 0.29) is 24.9 Å². The summed E-state index contributed by atoms with van der Waals surface area (Å²) in [6, 6.07) is 9.60. The maximum Gasteiger partial charge on any atom is 0.250 e. The first kappa shape index (κ1) is 17.2. The zero-order valence-electron chi connectivity index (χ0n) is 11.7. The first-order chi connectivity index (χ1) is 9.76. The van der Waals surface area contributed by atoms with Gasteiger partial charge in [-0.2, -0.15) is 5.10 Å². The Morgan fingerprint density at radius 3 is 2.81 bits per heavy atom. The quantitative estimate of drug-likeness (QED) is 0.830. The number of benzene rings is 1. The number of methoxy groups -OCH3 is 1. The first-order valence-corrected chi connectivity index (χ1v) is 6.34. The summed E-state index contributed by atoms with van der Waals surface area (Å²) in [6.07, 6.45) is 2.95. The normalized spacial score (nSPS) is 11.5. The molecule has 0 radical (unpaired) electrons. The molecule has 1 aromatic heterocycles. The third-order valence-corrected chi connectivity index (χ3v) is 2.99. The monoisotopic (exact) mass is 310 g/mol. The summed E-state index contributed by atoms with van der Waals surface area (Å²) in [4.78, 5) is 11.8. The fourth-order valence-corrected chi connectivity index (χ4v) is 1.90. The van der Waals surface area contributed by atoms with Crippen LogP contribution in [0.25, 0.3) is 5.69 Å². The summed E-state index contributed by atoms with van der Waals surface area (Å²) in [7, 11) is 1.47. The van der Waals surface area contributed by atoms with Crippen molar-refractivity contribution in [2.24, 2.45) is 5.73 Å². The van der Waals surface area contributed by atoms with E-state index in [2.05, 4.69) is 10.4 Å². The van der Waals surface area contributed by atoms with Crippen molar-refractivity contribution in [3.63, 3.8) is 0 Å². The van der Waals surface area contributed by atoms with Crippen LogP contribution in [-0.2, 0) is 16.1 Å². The lowest BCUT2D eigenvalue weighted by Gasteiger charge is -2.14. The topological polar surface area (TPSA) is 82.2 Å². The number of nitrogens with two attached hydrogens (primary N) is 1. The molecule has 1 heterocycles. The van der Waals surface area contributed by atoms with Gasteiger partial charge in [-0.05, 0) is 17.7 Å². The number of halogens is 1. The summed E-state index contributed by atoms with van der Waals surface area (Å²) >= 11 is 0. The SMILES string of the molecule is COC(CN)C(=O)NCc1ccccc1-n1cccn1.Cl. The molecule has 1 atom stereocenters. The predicted octanol–water partition coefficient (Wildman–Crippen LogP) is 0.884. The lowest BCUT2D eigenvalue weighted by Crippen LogP contribution is -2.40. The third kappa shape index (κ3) is 4.29. The van der Waals surface area contributed by atoms with Gasteiger partial charge < -0.3 is 15.8 Å². The smallest absolute Gasteiger partial charge is 0.250 e. The molecular weight excluding hydrogens is 292 g/mol. The zero-order chi connectivity index (χ0) is 14.4. The van der Waals surface area contributed by atoms with E-state index < -0.39 is 6.10 Å². The van der Waals surface area contributed by atoms with Crippen LogP contribution in [0.5, 0.6) is 0 Å². The van der Waals surface area contributed by atoms with Crippen LogP contribution in [-0.4, -0.2) is 35.4 Å². The Morgan fingerprint density at radius 2 is 2.19 bits per heavy atom. The lowest BCUT2D eigenvalue weighted by molar-refractivity contribution is -0.130. The number of carbonyl (C=O) groups is 1. The molecule has 21 heavy (non-hydrogen) atoms. The number of ether oxygens (including phenoxy) is 1. The van der Waals surface area contributed by atoms with Crippen LogP contribution in [0.4, 0.5) is 0 Å². The molecule has 0 aliphatic heterocycles. The van der Waals surface area contributed by atoms with E-state index in [0.29, 0.717) is 6.54 Å². The highest BCUT2D eigenvalue weighted by molar-refractivity contribution is 5.85. The second-order valence-electron chi connectivity index (χ2n) is 4.26. The molecule has 114 valence electrons. The second kappa shape index (κ2) is 8.41. The van der Waals surface area contributed by atoms with Gasteiger partial charge in [-0.1, -0.05) is 18.2 Å². The van der Waals surface area contributed by atoms with E-state index in [4.69, 9.17) is 10.5 Å². The highest BCUT2D eigenvalue weighted by Crippen LogP contribution is 2.13. The van der Waals surface area contributed by atoms with Crippen molar-refractivity contribution in [2.45, 2.75) is 12.6 Å². The molecule has 2 aromatic rings. The van der Waals surface area contributed by atoms with Crippen LogP contribution in [0.15, 0.2) is 42.7 Å². The van der Waals surface area contributed by atoms with E-state index in [1.165, 1.54) is 7.11 Å². The first-order valence-electron chi connectivity index (χ1n) is 6.34. The molecule has 0 aliphatic carbocycles. The Labute approximate surface area is 129 Å². The van der Waals surface area contributed by atoms with Gasteiger partial charge in [-0.15, -0.1) is 12.4 Å². The molecule has 1 unspecified atom stereocenters. The van der Waals surface area contributed by atoms with Crippen molar-refractivity contribution in [1.82, 2.24) is 15.1 Å². The minimum absolute atomic E-state index is 0. The van der Waals surface area contributed by atoms with Crippen LogP contribution < -0.4 is 11.1 Å². The molecule has 0 saturated heterocycles. The number of aromatic nitrogens is 2. The minimum Gasteiger partial charge on any atom is -0.370 e. The maximum absolute atomic E-state index is 11.8. The minimum atomic E-state index is -0.619. The number of hydrogen-bond donors (Lipinski definition) is 2. The molecule has 3 N–H and O–H groups in total. The van der Waals surface area contributed by atoms with Gasteiger partial charge in [-0.3, -0.25) is 4.79 Å². The lowest BCUT2D eigenvalue weighted by atomic mass is 10.1. The number of nitrogens with zero attached hydrogens (tertiary/aromatic N) is 2. The molecule has 0 fully saturated rings. The highest BCUT2D eigenvalue weighted by Gasteiger charge is 2.15. The van der Waals surface area contributed by atoms with Gasteiger partial charge in [0.25, 0.3) is 5.91 Å². The standard InChI is InChI=1S/C14H18N4O2.ClH/c1-20-13(9-15)14(19)16-10-11-5-2-3-6-12(11)18-8-4-7-17-18;/h2-8,13H,9-10,15H2,1H3,(H,16,19);1H. The highest BCUT2D eigenvalue weighted by atomic mass is 35.5. The molecule has 2 rings (SSSR count).